The number of nitrogens with zero attached hydrogens (tertiary/aromatic N) is 8. The van der Waals surface area contributed by atoms with Gasteiger partial charge in [0, 0.05) is 58.0 Å². The number of sulfonamides is 2. The van der Waals surface area contributed by atoms with E-state index in [1.165, 1.54) is 45.3 Å². The molecule has 81 heavy (non-hydrogen) atoms. The number of aromatic amines is 2. The summed E-state index contributed by atoms with van der Waals surface area (Å²) in [5.41, 5.74) is 4.63. The van der Waals surface area contributed by atoms with E-state index in [1.807, 2.05) is 27.7 Å². The minimum absolute atomic E-state index is 0. The monoisotopic (exact) mass is 1170 g/mol. The quantitative estimate of drug-likeness (QED) is 0.0207. The lowest BCUT2D eigenvalue weighted by molar-refractivity contribution is -0.850. The molecule has 4 aromatic heterocycles. The maximum Gasteiger partial charge on any atom is 0.275 e. The van der Waals surface area contributed by atoms with Crippen LogP contribution in [0.15, 0.2) is 66.1 Å². The zero-order valence-electron chi connectivity index (χ0n) is 46.8. The van der Waals surface area contributed by atoms with E-state index in [-0.39, 0.29) is 39.4 Å². The summed E-state index contributed by atoms with van der Waals surface area (Å²) in [4.78, 5) is 46.8. The number of fused-ring (bicyclic) bond motifs is 2. The van der Waals surface area contributed by atoms with E-state index in [0.29, 0.717) is 165 Å². The van der Waals surface area contributed by atoms with Gasteiger partial charge in [-0.2, -0.15) is 8.61 Å². The number of aryl methyl sites for hydroxylation is 4. The molecule has 6 aromatic rings. The average molecular weight is 1170 g/mol. The van der Waals surface area contributed by atoms with Gasteiger partial charge in [-0.1, -0.05) is 50.8 Å². The maximum absolute atomic E-state index is 13.7. The van der Waals surface area contributed by atoms with E-state index in [2.05, 4.69) is 20.3 Å². The summed E-state index contributed by atoms with van der Waals surface area (Å²) >= 11 is 0. The van der Waals surface area contributed by atoms with Gasteiger partial charge in [-0.3, -0.25) is 9.59 Å². The van der Waals surface area contributed by atoms with E-state index < -0.39 is 31.2 Å². The highest BCUT2D eigenvalue weighted by atomic mass is 32.2. The molecule has 0 radical (unpaired) electrons. The standard InChI is InChI=1S/C27H38N6O7S.C27H37N5O6S.H2O/c1-4-6-20-22(17-28-35)32(3)25-24(20)29-26(30-27(25)34)21-16-19(7-8-23(21)39-14-5-2)41(37,38)33-12-9-18(10-13-33)11-15-40-31-36;1-4-6-20-22(17-28-35)31(3)25-24(20)29-26(30-27(25)34)21-16-19(7-8-23(21)38-15-5-2)39(36,37)32-12-9-18(10-13-32)11-14-33;/h7-8,16-18,35H,4-6,9-15,31H2,1-3H3,(H,29,30,34);7-8,16-18,33,35H,4-6,9-15H2,1-3H3,(H,29,30,34);1H2/b2*28-17+;. The molecule has 25 nitrogen and oxygen atoms in total. The van der Waals surface area contributed by atoms with Gasteiger partial charge in [-0.05, 0) is 112 Å². The third-order valence-corrected chi connectivity index (χ3v) is 18.5. The molecule has 9 N–H and O–H groups in total. The number of nitrogens with two attached hydrogens (primary N) is 1. The number of aliphatic hydroxyl groups is 1. The van der Waals surface area contributed by atoms with E-state index in [4.69, 9.17) is 24.3 Å². The molecule has 8 rings (SSSR count). The summed E-state index contributed by atoms with van der Waals surface area (Å²) in [6.07, 6.45) is 10.9. The van der Waals surface area contributed by atoms with Crippen molar-refractivity contribution in [3.05, 3.63) is 84.8 Å². The normalized spacial score (nSPS) is 15.2. The van der Waals surface area contributed by atoms with Crippen LogP contribution in [0.2, 0.25) is 0 Å². The van der Waals surface area contributed by atoms with Crippen LogP contribution in [-0.2, 0) is 51.8 Å². The highest BCUT2D eigenvalue weighted by Gasteiger charge is 2.33. The topological polar surface area (TPSA) is 360 Å². The minimum Gasteiger partial charge on any atom is -0.601 e. The van der Waals surface area contributed by atoms with Crippen LogP contribution in [0.3, 0.4) is 0 Å². The molecule has 2 aliphatic heterocycles. The predicted molar refractivity (Wildman–Crippen MR) is 306 cm³/mol. The fourth-order valence-corrected chi connectivity index (χ4v) is 13.6. The molecule has 0 atom stereocenters. The second-order valence-corrected chi connectivity index (χ2v) is 23.9. The third kappa shape index (κ3) is 14.0. The summed E-state index contributed by atoms with van der Waals surface area (Å²) in [7, 11) is -4.22. The van der Waals surface area contributed by atoms with Crippen molar-refractivity contribution < 1.29 is 57.8 Å². The van der Waals surface area contributed by atoms with E-state index >= 15 is 0 Å². The molecule has 2 aliphatic rings. The lowest BCUT2D eigenvalue weighted by Crippen LogP contribution is -2.76. The Morgan fingerprint density at radius 3 is 1.43 bits per heavy atom. The van der Waals surface area contributed by atoms with Crippen molar-refractivity contribution in [2.45, 2.75) is 115 Å². The largest absolute Gasteiger partial charge is 0.601 e. The maximum atomic E-state index is 13.7. The average Bonchev–Trinajstić information content (AvgIpc) is 3.88. The summed E-state index contributed by atoms with van der Waals surface area (Å²) in [6, 6.07) is 9.29. The first kappa shape index (κ1) is 63.6. The van der Waals surface area contributed by atoms with Gasteiger partial charge in [0.25, 0.3) is 11.1 Å². The summed E-state index contributed by atoms with van der Waals surface area (Å²) < 4.78 is 72.7. The van der Waals surface area contributed by atoms with Crippen LogP contribution >= 0.6 is 0 Å². The molecular weight excluding hydrogens is 1090 g/mol. The van der Waals surface area contributed by atoms with Crippen LogP contribution in [0, 0.1) is 17.0 Å². The zero-order valence-corrected chi connectivity index (χ0v) is 48.4. The molecule has 0 spiro atoms. The highest BCUT2D eigenvalue weighted by Crippen LogP contribution is 2.36. The first-order chi connectivity index (χ1) is 38.5. The SMILES string of the molecule is CCCOc1ccc(S(=O)(=O)N2CCC(CCO)CC2)cc1-c1nc2c(CCC)c(/C=N/O)n(C)c2c(=O)[nH]1.CCCOc1ccc(S(=O)(=O)N2CCC(CCO[NH2+][O-])CC2)cc1-c1nc2c(CCC)c(/C=N/O)n(C)c2c(=O)[nH]1.O. The van der Waals surface area contributed by atoms with E-state index in [0.717, 1.165) is 36.8 Å². The number of oxime groups is 2. The number of hydrogen-bond donors (Lipinski definition) is 6. The molecule has 0 bridgehead atoms. The van der Waals surface area contributed by atoms with Crippen LogP contribution in [0.25, 0.3) is 44.8 Å². The van der Waals surface area contributed by atoms with Crippen LogP contribution in [-0.4, -0.2) is 141 Å². The number of piperidine rings is 2. The number of ether oxygens (including phenoxy) is 2. The van der Waals surface area contributed by atoms with Crippen molar-refractivity contribution in [2.24, 2.45) is 36.2 Å². The summed E-state index contributed by atoms with van der Waals surface area (Å²) in [5, 5.41) is 44.4. The highest BCUT2D eigenvalue weighted by molar-refractivity contribution is 7.89. The van der Waals surface area contributed by atoms with Gasteiger partial charge in [0.2, 0.25) is 20.0 Å². The molecular formula is C54H77N11O14S2. The van der Waals surface area contributed by atoms with Crippen LogP contribution in [0.1, 0.15) is 114 Å². The molecule has 2 fully saturated rings. The number of benzene rings is 2. The Bertz CT molecular complexity index is 3510. The van der Waals surface area contributed by atoms with Crippen LogP contribution in [0.5, 0.6) is 11.5 Å². The Hall–Kier alpha value is -6.56. The van der Waals surface area contributed by atoms with Gasteiger partial charge in [-0.15, -0.1) is 0 Å². The van der Waals surface area contributed by atoms with E-state index in [1.54, 1.807) is 35.4 Å². The van der Waals surface area contributed by atoms with Crippen molar-refractivity contribution in [3.8, 4) is 34.3 Å². The molecule has 2 saturated heterocycles. The molecule has 444 valence electrons. The molecule has 0 saturated carbocycles. The molecule has 0 aliphatic carbocycles. The summed E-state index contributed by atoms with van der Waals surface area (Å²) in [6.45, 7) is 10.7. The van der Waals surface area contributed by atoms with Gasteiger partial charge in [-0.25, -0.2) is 37.3 Å². The number of aliphatic hydroxyl groups excluding tert-OH is 1. The molecule has 2 aromatic carbocycles. The van der Waals surface area contributed by atoms with Crippen molar-refractivity contribution in [1.29, 1.82) is 0 Å². The van der Waals surface area contributed by atoms with Gasteiger partial charge in [0.15, 0.2) is 0 Å². The van der Waals surface area contributed by atoms with Crippen molar-refractivity contribution >= 4 is 54.5 Å². The first-order valence-corrected chi connectivity index (χ1v) is 30.2. The molecule has 0 unspecified atom stereocenters. The first-order valence-electron chi connectivity index (χ1n) is 27.3. The Morgan fingerprint density at radius 2 is 1.07 bits per heavy atom. The van der Waals surface area contributed by atoms with Crippen molar-refractivity contribution in [1.82, 2.24) is 37.7 Å². The lowest BCUT2D eigenvalue weighted by atomic mass is 9.95. The smallest absolute Gasteiger partial charge is 0.275 e. The Labute approximate surface area is 470 Å². The number of aromatic nitrogens is 6. The van der Waals surface area contributed by atoms with E-state index in [9.17, 15) is 47.2 Å². The predicted octanol–water partition coefficient (Wildman–Crippen LogP) is 4.70. The Morgan fingerprint density at radius 1 is 0.667 bits per heavy atom. The Kier molecular flexibility index (Phi) is 22.7. The minimum atomic E-state index is -3.84. The number of nitrogens with one attached hydrogen (secondary N) is 2. The van der Waals surface area contributed by atoms with Crippen LogP contribution in [0.4, 0.5) is 0 Å². The van der Waals surface area contributed by atoms with Gasteiger partial charge >= 0.3 is 0 Å². The number of H-pyrrole nitrogens is 2. The fourth-order valence-electron chi connectivity index (χ4n) is 10.6. The second kappa shape index (κ2) is 28.9. The fraction of sp³-hybridized carbons (Fsp3) is 0.519. The summed E-state index contributed by atoms with van der Waals surface area (Å²) in [5.74, 6) is 1.82. The zero-order chi connectivity index (χ0) is 57.7. The van der Waals surface area contributed by atoms with Crippen molar-refractivity contribution in [3.63, 3.8) is 0 Å². The number of rotatable bonds is 24. The molecule has 27 heteroatoms. The second-order valence-electron chi connectivity index (χ2n) is 20.0. The van der Waals surface area contributed by atoms with Gasteiger partial charge < -0.3 is 54.8 Å². The Balaban J connectivity index is 0.000000258. The number of quaternary nitrogens is 1. The van der Waals surface area contributed by atoms with Crippen LogP contribution < -0.4 is 26.2 Å². The van der Waals surface area contributed by atoms with Gasteiger partial charge in [0.1, 0.15) is 51.8 Å². The third-order valence-electron chi connectivity index (χ3n) is 14.7. The molecule has 6 heterocycles. The van der Waals surface area contributed by atoms with Crippen molar-refractivity contribution in [2.75, 3.05) is 52.6 Å². The lowest BCUT2D eigenvalue weighted by Gasteiger charge is -2.31. The number of hydrogen-bond acceptors (Lipinski definition) is 17. The van der Waals surface area contributed by atoms with Gasteiger partial charge in [0.05, 0.1) is 57.9 Å². The molecule has 0 amide bonds.